The second-order valence-corrected chi connectivity index (χ2v) is 7.37. The van der Waals surface area contributed by atoms with Gasteiger partial charge in [-0.05, 0) is 38.4 Å². The number of benzene rings is 1. The predicted molar refractivity (Wildman–Crippen MR) is 112 cm³/mol. The quantitative estimate of drug-likeness (QED) is 0.648. The van der Waals surface area contributed by atoms with Crippen LogP contribution in [-0.4, -0.2) is 37.1 Å². The smallest absolute Gasteiger partial charge is 0.317 e. The van der Waals surface area contributed by atoms with Crippen molar-refractivity contribution in [1.29, 1.82) is 0 Å². The molecular formula is C21H29N5O2. The molecule has 3 aromatic rings. The average molecular weight is 383 g/mol. The lowest BCUT2D eigenvalue weighted by Gasteiger charge is -2.21. The van der Waals surface area contributed by atoms with Gasteiger partial charge in [-0.3, -0.25) is 19.2 Å². The highest BCUT2D eigenvalue weighted by atomic mass is 16.2. The Morgan fingerprint density at radius 3 is 2.32 bits per heavy atom. The minimum absolute atomic E-state index is 0.388. The molecule has 7 nitrogen and oxygen atoms in total. The molecule has 0 atom stereocenters. The lowest BCUT2D eigenvalue weighted by atomic mass is 10.1. The van der Waals surface area contributed by atoms with E-state index in [0.717, 1.165) is 37.3 Å². The zero-order valence-corrected chi connectivity index (χ0v) is 17.2. The molecule has 0 aliphatic heterocycles. The summed E-state index contributed by atoms with van der Waals surface area (Å²) < 4.78 is 3.37. The van der Waals surface area contributed by atoms with E-state index in [1.54, 1.807) is 7.05 Å². The summed E-state index contributed by atoms with van der Waals surface area (Å²) in [5.41, 5.74) is 2.34. The third-order valence-electron chi connectivity index (χ3n) is 4.99. The number of aromatic amines is 1. The van der Waals surface area contributed by atoms with Gasteiger partial charge in [-0.1, -0.05) is 43.7 Å². The van der Waals surface area contributed by atoms with Crippen LogP contribution in [0.4, 0.5) is 0 Å². The highest BCUT2D eigenvalue weighted by Crippen LogP contribution is 2.16. The van der Waals surface area contributed by atoms with Crippen molar-refractivity contribution in [3.8, 4) is 0 Å². The molecule has 7 heteroatoms. The molecule has 1 aromatic carbocycles. The van der Waals surface area contributed by atoms with Gasteiger partial charge in [0.2, 0.25) is 0 Å². The van der Waals surface area contributed by atoms with Gasteiger partial charge in [0.05, 0.1) is 6.54 Å². The van der Waals surface area contributed by atoms with Gasteiger partial charge < -0.3 is 4.57 Å². The van der Waals surface area contributed by atoms with Crippen molar-refractivity contribution in [3.63, 3.8) is 0 Å². The summed E-state index contributed by atoms with van der Waals surface area (Å²) in [6, 6.07) is 8.26. The fraction of sp³-hybridized carbons (Fsp3) is 0.476. The maximum atomic E-state index is 12.6. The van der Waals surface area contributed by atoms with Gasteiger partial charge in [-0.15, -0.1) is 0 Å². The number of aromatic nitrogens is 4. The van der Waals surface area contributed by atoms with Gasteiger partial charge in [-0.2, -0.15) is 0 Å². The molecule has 0 saturated heterocycles. The van der Waals surface area contributed by atoms with Crippen molar-refractivity contribution < 1.29 is 0 Å². The lowest BCUT2D eigenvalue weighted by Crippen LogP contribution is -2.29. The minimum atomic E-state index is -0.442. The van der Waals surface area contributed by atoms with Gasteiger partial charge in [0.25, 0.3) is 5.56 Å². The summed E-state index contributed by atoms with van der Waals surface area (Å²) in [5, 5.41) is 0. The van der Waals surface area contributed by atoms with Gasteiger partial charge in [0.1, 0.15) is 5.82 Å². The standard InChI is InChI=1S/C21H29N5O2/c1-5-11-25(12-6-2)14-17-22-19-18(20(27)23-21(28)24(19)4)26(17)13-16-9-7-15(3)8-10-16/h7-10H,5-6,11-14H2,1-4H3,(H,23,27,28). The second kappa shape index (κ2) is 8.56. The Labute approximate surface area is 164 Å². The topological polar surface area (TPSA) is 75.9 Å². The largest absolute Gasteiger partial charge is 0.329 e. The molecule has 0 bridgehead atoms. The number of rotatable bonds is 8. The summed E-state index contributed by atoms with van der Waals surface area (Å²) >= 11 is 0. The molecule has 3 rings (SSSR count). The first kappa shape index (κ1) is 20.1. The van der Waals surface area contributed by atoms with Crippen molar-refractivity contribution in [2.75, 3.05) is 13.1 Å². The van der Waals surface area contributed by atoms with E-state index in [-0.39, 0.29) is 5.56 Å². The molecule has 0 fully saturated rings. The molecular weight excluding hydrogens is 354 g/mol. The van der Waals surface area contributed by atoms with Crippen molar-refractivity contribution in [2.45, 2.75) is 46.7 Å². The van der Waals surface area contributed by atoms with E-state index in [9.17, 15) is 9.59 Å². The van der Waals surface area contributed by atoms with Gasteiger partial charge in [0, 0.05) is 13.6 Å². The normalized spacial score (nSPS) is 11.6. The Morgan fingerprint density at radius 2 is 1.71 bits per heavy atom. The zero-order chi connectivity index (χ0) is 20.3. The monoisotopic (exact) mass is 383 g/mol. The van der Waals surface area contributed by atoms with Crippen molar-refractivity contribution in [3.05, 3.63) is 62.1 Å². The highest BCUT2D eigenvalue weighted by Gasteiger charge is 2.19. The van der Waals surface area contributed by atoms with Crippen LogP contribution in [0.5, 0.6) is 0 Å². The average Bonchev–Trinajstić information content (AvgIpc) is 3.01. The third-order valence-corrected chi connectivity index (χ3v) is 4.99. The Morgan fingerprint density at radius 1 is 1.07 bits per heavy atom. The Balaban J connectivity index is 2.13. The Bertz CT molecular complexity index is 1050. The Hall–Kier alpha value is -2.67. The first-order valence-electron chi connectivity index (χ1n) is 9.90. The molecule has 0 amide bonds. The lowest BCUT2D eigenvalue weighted by molar-refractivity contribution is 0.257. The van der Waals surface area contributed by atoms with Crippen LogP contribution in [0.25, 0.3) is 11.2 Å². The fourth-order valence-corrected chi connectivity index (χ4v) is 3.55. The summed E-state index contributed by atoms with van der Waals surface area (Å²) in [6.45, 7) is 9.50. The molecule has 150 valence electrons. The maximum Gasteiger partial charge on any atom is 0.329 e. The van der Waals surface area contributed by atoms with Crippen LogP contribution in [0.15, 0.2) is 33.9 Å². The van der Waals surface area contributed by atoms with Crippen LogP contribution in [-0.2, 0) is 20.1 Å². The van der Waals surface area contributed by atoms with Crippen LogP contribution in [0.3, 0.4) is 0 Å². The summed E-state index contributed by atoms with van der Waals surface area (Å²) in [4.78, 5) is 34.1. The number of nitrogens with one attached hydrogen (secondary N) is 1. The van der Waals surface area contributed by atoms with Crippen LogP contribution in [0, 0.1) is 6.92 Å². The summed E-state index contributed by atoms with van der Waals surface area (Å²) in [5.74, 6) is 0.809. The Kier molecular flexibility index (Phi) is 6.14. The highest BCUT2D eigenvalue weighted by molar-refractivity contribution is 5.71. The number of hydrogen-bond donors (Lipinski definition) is 1. The van der Waals surface area contributed by atoms with Gasteiger partial charge in [0.15, 0.2) is 11.2 Å². The third kappa shape index (κ3) is 4.09. The molecule has 0 aliphatic rings. The predicted octanol–water partition coefficient (Wildman–Crippen LogP) is 2.40. The van der Waals surface area contributed by atoms with Gasteiger partial charge in [-0.25, -0.2) is 9.78 Å². The van der Waals surface area contributed by atoms with E-state index in [1.165, 1.54) is 10.1 Å². The van der Waals surface area contributed by atoms with Crippen LogP contribution < -0.4 is 11.2 Å². The maximum absolute atomic E-state index is 12.6. The molecule has 0 spiro atoms. The number of fused-ring (bicyclic) bond motifs is 1. The summed E-state index contributed by atoms with van der Waals surface area (Å²) in [7, 11) is 1.64. The minimum Gasteiger partial charge on any atom is -0.317 e. The van der Waals surface area contributed by atoms with E-state index in [2.05, 4.69) is 54.9 Å². The first-order valence-corrected chi connectivity index (χ1v) is 9.90. The fourth-order valence-electron chi connectivity index (χ4n) is 3.55. The number of hydrogen-bond acceptors (Lipinski definition) is 4. The summed E-state index contributed by atoms with van der Waals surface area (Å²) in [6.07, 6.45) is 2.11. The molecule has 1 N–H and O–H groups in total. The number of imidazole rings is 1. The second-order valence-electron chi connectivity index (χ2n) is 7.37. The molecule has 0 saturated carbocycles. The number of nitrogens with zero attached hydrogens (tertiary/aromatic N) is 4. The molecule has 0 aliphatic carbocycles. The van der Waals surface area contributed by atoms with Crippen LogP contribution >= 0.6 is 0 Å². The number of aryl methyl sites for hydroxylation is 2. The van der Waals surface area contributed by atoms with Crippen molar-refractivity contribution in [2.24, 2.45) is 7.05 Å². The zero-order valence-electron chi connectivity index (χ0n) is 17.2. The van der Waals surface area contributed by atoms with Crippen molar-refractivity contribution >= 4 is 11.2 Å². The number of H-pyrrole nitrogens is 1. The first-order chi connectivity index (χ1) is 13.4. The molecule has 28 heavy (non-hydrogen) atoms. The van der Waals surface area contributed by atoms with E-state index in [4.69, 9.17) is 4.98 Å². The molecule has 2 heterocycles. The molecule has 2 aromatic heterocycles. The van der Waals surface area contributed by atoms with Crippen LogP contribution in [0.1, 0.15) is 43.6 Å². The van der Waals surface area contributed by atoms with E-state index in [1.807, 2.05) is 4.57 Å². The SMILES string of the molecule is CCCN(CCC)Cc1nc2c(c(=O)[nH]c(=O)n2C)n1Cc1ccc(C)cc1. The van der Waals surface area contributed by atoms with Gasteiger partial charge >= 0.3 is 5.69 Å². The van der Waals surface area contributed by atoms with E-state index in [0.29, 0.717) is 24.3 Å². The molecule has 0 unspecified atom stereocenters. The van der Waals surface area contributed by atoms with Crippen molar-refractivity contribution in [1.82, 2.24) is 24.0 Å². The van der Waals surface area contributed by atoms with E-state index < -0.39 is 5.69 Å². The van der Waals surface area contributed by atoms with Crippen LogP contribution in [0.2, 0.25) is 0 Å². The van der Waals surface area contributed by atoms with E-state index >= 15 is 0 Å². The molecule has 0 radical (unpaired) electrons.